The first-order valence-corrected chi connectivity index (χ1v) is 6.94. The third-order valence-corrected chi connectivity index (χ3v) is 3.95. The Balaban J connectivity index is 1.97. The number of ether oxygens (including phenoxy) is 1. The summed E-state index contributed by atoms with van der Waals surface area (Å²) in [5.74, 6) is -0.835. The van der Waals surface area contributed by atoms with E-state index in [1.54, 1.807) is 6.92 Å². The van der Waals surface area contributed by atoms with Crippen LogP contribution in [0.1, 0.15) is 18.9 Å². The molecule has 1 aromatic rings. The molecule has 0 spiro atoms. The Morgan fingerprint density at radius 2 is 2.23 bits per heavy atom. The minimum atomic E-state index is -0.909. The molecule has 1 atom stereocenters. The Morgan fingerprint density at radius 3 is 2.82 bits per heavy atom. The summed E-state index contributed by atoms with van der Waals surface area (Å²) in [7, 11) is 1.47. The largest absolute Gasteiger partial charge is 0.496 e. The molecule has 1 saturated heterocycles. The van der Waals surface area contributed by atoms with E-state index in [9.17, 15) is 14.0 Å². The van der Waals surface area contributed by atoms with Gasteiger partial charge in [0.05, 0.1) is 12.5 Å². The zero-order valence-corrected chi connectivity index (χ0v) is 12.6. The van der Waals surface area contributed by atoms with E-state index in [1.165, 1.54) is 30.2 Å². The SMILES string of the molecule is COc1ccc(F)cc1CNC(=O)N1CCC(C)(C(=O)O)C1. The second kappa shape index (κ2) is 6.21. The number of carbonyl (C=O) groups is 2. The Labute approximate surface area is 127 Å². The van der Waals surface area contributed by atoms with Gasteiger partial charge in [0, 0.05) is 25.2 Å². The van der Waals surface area contributed by atoms with Crippen LogP contribution in [0.2, 0.25) is 0 Å². The van der Waals surface area contributed by atoms with Crippen molar-refractivity contribution in [2.75, 3.05) is 20.2 Å². The van der Waals surface area contributed by atoms with Gasteiger partial charge in [-0.3, -0.25) is 4.79 Å². The van der Waals surface area contributed by atoms with Crippen molar-refractivity contribution in [3.63, 3.8) is 0 Å². The number of hydrogen-bond acceptors (Lipinski definition) is 3. The van der Waals surface area contributed by atoms with Gasteiger partial charge in [0.25, 0.3) is 0 Å². The second-order valence-corrected chi connectivity index (χ2v) is 5.65. The minimum Gasteiger partial charge on any atom is -0.496 e. The van der Waals surface area contributed by atoms with E-state index >= 15 is 0 Å². The first-order valence-electron chi connectivity index (χ1n) is 6.94. The Hall–Kier alpha value is -2.31. The monoisotopic (exact) mass is 310 g/mol. The average Bonchev–Trinajstić information content (AvgIpc) is 2.89. The van der Waals surface area contributed by atoms with Crippen LogP contribution in [-0.4, -0.2) is 42.2 Å². The standard InChI is InChI=1S/C15H19FN2O4/c1-15(13(19)20)5-6-18(9-15)14(21)17-8-10-7-11(16)3-4-12(10)22-2/h3-4,7H,5-6,8-9H2,1-2H3,(H,17,21)(H,19,20). The Morgan fingerprint density at radius 1 is 1.50 bits per heavy atom. The van der Waals surface area contributed by atoms with Gasteiger partial charge < -0.3 is 20.1 Å². The molecule has 6 nitrogen and oxygen atoms in total. The van der Waals surface area contributed by atoms with Crippen LogP contribution in [0.5, 0.6) is 5.75 Å². The van der Waals surface area contributed by atoms with Crippen LogP contribution in [-0.2, 0) is 11.3 Å². The van der Waals surface area contributed by atoms with Crippen LogP contribution >= 0.6 is 0 Å². The molecule has 120 valence electrons. The molecule has 1 fully saturated rings. The molecule has 7 heteroatoms. The summed E-state index contributed by atoms with van der Waals surface area (Å²) in [6.07, 6.45) is 0.416. The predicted molar refractivity (Wildman–Crippen MR) is 77.1 cm³/mol. The maximum atomic E-state index is 13.3. The average molecular weight is 310 g/mol. The highest BCUT2D eigenvalue weighted by Gasteiger charge is 2.42. The van der Waals surface area contributed by atoms with Crippen LogP contribution in [0.3, 0.4) is 0 Å². The van der Waals surface area contributed by atoms with Crippen molar-refractivity contribution in [2.45, 2.75) is 19.9 Å². The van der Waals surface area contributed by atoms with E-state index in [1.807, 2.05) is 0 Å². The second-order valence-electron chi connectivity index (χ2n) is 5.65. The fraction of sp³-hybridized carbons (Fsp3) is 0.467. The van der Waals surface area contributed by atoms with Crippen LogP contribution in [0.25, 0.3) is 0 Å². The molecule has 1 aliphatic heterocycles. The van der Waals surface area contributed by atoms with Crippen molar-refractivity contribution in [1.82, 2.24) is 10.2 Å². The molecule has 0 radical (unpaired) electrons. The molecular weight excluding hydrogens is 291 g/mol. The molecule has 0 aromatic heterocycles. The quantitative estimate of drug-likeness (QED) is 0.889. The van der Waals surface area contributed by atoms with Gasteiger partial charge in [-0.1, -0.05) is 0 Å². The molecule has 2 rings (SSSR count). The number of urea groups is 1. The molecular formula is C15H19FN2O4. The number of amides is 2. The van der Waals surface area contributed by atoms with E-state index in [0.29, 0.717) is 24.3 Å². The van der Waals surface area contributed by atoms with Gasteiger partial charge in [-0.25, -0.2) is 9.18 Å². The Bertz CT molecular complexity index is 593. The first kappa shape index (κ1) is 16.1. The lowest BCUT2D eigenvalue weighted by atomic mass is 9.90. The highest BCUT2D eigenvalue weighted by molar-refractivity contribution is 5.79. The maximum absolute atomic E-state index is 13.3. The Kier molecular flexibility index (Phi) is 4.54. The number of hydrogen-bond donors (Lipinski definition) is 2. The normalized spacial score (nSPS) is 20.8. The van der Waals surface area contributed by atoms with Crippen molar-refractivity contribution in [1.29, 1.82) is 0 Å². The number of nitrogens with one attached hydrogen (secondary N) is 1. The molecule has 1 aromatic carbocycles. The molecule has 1 aliphatic rings. The number of methoxy groups -OCH3 is 1. The fourth-order valence-electron chi connectivity index (χ4n) is 2.48. The zero-order chi connectivity index (χ0) is 16.3. The van der Waals surface area contributed by atoms with Crippen LogP contribution < -0.4 is 10.1 Å². The summed E-state index contributed by atoms with van der Waals surface area (Å²) in [6, 6.07) is 3.71. The molecule has 0 saturated carbocycles. The summed E-state index contributed by atoms with van der Waals surface area (Å²) in [4.78, 5) is 24.7. The predicted octanol–water partition coefficient (Wildman–Crippen LogP) is 1.84. The molecule has 1 unspecified atom stereocenters. The van der Waals surface area contributed by atoms with Crippen LogP contribution in [0.4, 0.5) is 9.18 Å². The lowest BCUT2D eigenvalue weighted by molar-refractivity contribution is -0.147. The van der Waals surface area contributed by atoms with Gasteiger partial charge in [-0.2, -0.15) is 0 Å². The van der Waals surface area contributed by atoms with Crippen LogP contribution in [0.15, 0.2) is 18.2 Å². The lowest BCUT2D eigenvalue weighted by Gasteiger charge is -2.20. The zero-order valence-electron chi connectivity index (χ0n) is 12.6. The third-order valence-electron chi connectivity index (χ3n) is 3.95. The van der Waals surface area contributed by atoms with Gasteiger partial charge >= 0.3 is 12.0 Å². The number of nitrogens with zero attached hydrogens (tertiary/aromatic N) is 1. The van der Waals surface area contributed by atoms with Crippen LogP contribution in [0, 0.1) is 11.2 Å². The molecule has 0 aliphatic carbocycles. The number of carboxylic acids is 1. The van der Waals surface area contributed by atoms with Gasteiger partial charge in [0.15, 0.2) is 0 Å². The smallest absolute Gasteiger partial charge is 0.317 e. The first-order chi connectivity index (χ1) is 10.4. The van der Waals surface area contributed by atoms with E-state index in [2.05, 4.69) is 5.32 Å². The van der Waals surface area contributed by atoms with E-state index in [0.717, 1.165) is 0 Å². The van der Waals surface area contributed by atoms with Crippen molar-refractivity contribution in [2.24, 2.45) is 5.41 Å². The van der Waals surface area contributed by atoms with Gasteiger partial charge in [0.1, 0.15) is 11.6 Å². The molecule has 22 heavy (non-hydrogen) atoms. The van der Waals surface area contributed by atoms with Gasteiger partial charge in [-0.15, -0.1) is 0 Å². The van der Waals surface area contributed by atoms with Crippen molar-refractivity contribution in [3.8, 4) is 5.75 Å². The minimum absolute atomic E-state index is 0.111. The highest BCUT2D eigenvalue weighted by Crippen LogP contribution is 2.30. The van der Waals surface area contributed by atoms with Crippen molar-refractivity contribution < 1.29 is 23.8 Å². The molecule has 0 bridgehead atoms. The van der Waals surface area contributed by atoms with E-state index in [-0.39, 0.29) is 19.1 Å². The van der Waals surface area contributed by atoms with Gasteiger partial charge in [0.2, 0.25) is 0 Å². The summed E-state index contributed by atoms with van der Waals surface area (Å²) >= 11 is 0. The number of likely N-dealkylation sites (tertiary alicyclic amines) is 1. The summed E-state index contributed by atoms with van der Waals surface area (Å²) < 4.78 is 18.4. The third kappa shape index (κ3) is 3.29. The number of aliphatic carboxylic acids is 1. The number of carbonyl (C=O) groups excluding carboxylic acids is 1. The fourth-order valence-corrected chi connectivity index (χ4v) is 2.48. The van der Waals surface area contributed by atoms with Crippen molar-refractivity contribution in [3.05, 3.63) is 29.6 Å². The lowest BCUT2D eigenvalue weighted by Crippen LogP contribution is -2.40. The number of rotatable bonds is 4. The molecule has 1 heterocycles. The number of benzene rings is 1. The topological polar surface area (TPSA) is 78.9 Å². The highest BCUT2D eigenvalue weighted by atomic mass is 19.1. The summed E-state index contributed by atoms with van der Waals surface area (Å²) in [5.41, 5.74) is -0.385. The van der Waals surface area contributed by atoms with E-state index in [4.69, 9.17) is 9.84 Å². The number of halogens is 1. The van der Waals surface area contributed by atoms with Gasteiger partial charge in [-0.05, 0) is 31.5 Å². The summed E-state index contributed by atoms with van der Waals surface area (Å²) in [6.45, 7) is 2.28. The maximum Gasteiger partial charge on any atom is 0.317 e. The molecule has 2 N–H and O–H groups in total. The van der Waals surface area contributed by atoms with E-state index < -0.39 is 17.2 Å². The number of carboxylic acid groups (broad SMARTS) is 1. The molecule has 2 amide bonds. The van der Waals surface area contributed by atoms with Crippen molar-refractivity contribution >= 4 is 12.0 Å². The summed E-state index contributed by atoms with van der Waals surface area (Å²) in [5, 5.41) is 11.8.